The first-order chi connectivity index (χ1) is 9.76. The van der Waals surface area contributed by atoms with Crippen molar-refractivity contribution in [3.05, 3.63) is 39.0 Å². The predicted octanol–water partition coefficient (Wildman–Crippen LogP) is 2.36. The van der Waals surface area contributed by atoms with Crippen molar-refractivity contribution in [2.75, 3.05) is 4.72 Å². The molecule has 6 nitrogen and oxygen atoms in total. The van der Waals surface area contributed by atoms with Gasteiger partial charge in [0.1, 0.15) is 0 Å². The van der Waals surface area contributed by atoms with E-state index < -0.39 is 10.0 Å². The molecule has 0 bridgehead atoms. The molecule has 0 aliphatic heterocycles. The smallest absolute Gasteiger partial charge is 0.281 e. The van der Waals surface area contributed by atoms with Gasteiger partial charge in [0.25, 0.3) is 10.0 Å². The summed E-state index contributed by atoms with van der Waals surface area (Å²) in [6.07, 6.45) is 0. The molecule has 0 saturated heterocycles. The van der Waals surface area contributed by atoms with Crippen LogP contribution in [0.1, 0.15) is 22.4 Å². The number of aromatic nitrogens is 2. The molecule has 1 heterocycles. The molecule has 1 aromatic heterocycles. The Morgan fingerprint density at radius 1 is 1.29 bits per heavy atom. The number of halogens is 1. The van der Waals surface area contributed by atoms with Crippen molar-refractivity contribution in [2.24, 2.45) is 5.73 Å². The van der Waals surface area contributed by atoms with Gasteiger partial charge < -0.3 is 5.73 Å². The van der Waals surface area contributed by atoms with E-state index in [1.807, 2.05) is 13.8 Å². The van der Waals surface area contributed by atoms with Crippen LogP contribution < -0.4 is 10.5 Å². The van der Waals surface area contributed by atoms with Crippen LogP contribution in [0.25, 0.3) is 0 Å². The Balaban J connectivity index is 2.42. The van der Waals surface area contributed by atoms with E-state index in [9.17, 15) is 8.42 Å². The van der Waals surface area contributed by atoms with Gasteiger partial charge in [0.2, 0.25) is 5.03 Å². The lowest BCUT2D eigenvalue weighted by atomic mass is 10.1. The molecule has 0 fully saturated rings. The van der Waals surface area contributed by atoms with Crippen LogP contribution in [0.2, 0.25) is 0 Å². The summed E-state index contributed by atoms with van der Waals surface area (Å²) in [5, 5.41) is 6.45. The summed E-state index contributed by atoms with van der Waals surface area (Å²) in [4.78, 5) is 0. The summed E-state index contributed by atoms with van der Waals surface area (Å²) < 4.78 is 28.4. The van der Waals surface area contributed by atoms with Crippen molar-refractivity contribution in [1.82, 2.24) is 10.2 Å². The van der Waals surface area contributed by atoms with Crippen molar-refractivity contribution in [2.45, 2.75) is 32.3 Å². The number of nitrogens with one attached hydrogen (secondary N) is 2. The summed E-state index contributed by atoms with van der Waals surface area (Å²) in [5.74, 6) is 0. The molecule has 0 atom stereocenters. The third-order valence-electron chi connectivity index (χ3n) is 3.18. The van der Waals surface area contributed by atoms with E-state index in [-0.39, 0.29) is 11.6 Å². The first-order valence-electron chi connectivity index (χ1n) is 6.29. The Hall–Kier alpha value is -1.38. The lowest BCUT2D eigenvalue weighted by molar-refractivity contribution is 0.596. The largest absolute Gasteiger partial charge is 0.326 e. The zero-order valence-corrected chi connectivity index (χ0v) is 14.4. The molecule has 0 aliphatic rings. The third-order valence-corrected chi connectivity index (χ3v) is 5.79. The molecule has 0 radical (unpaired) electrons. The molecule has 114 valence electrons. The molecule has 4 N–H and O–H groups in total. The number of hydrogen-bond donors (Lipinski definition) is 3. The number of benzene rings is 1. The predicted molar refractivity (Wildman–Crippen MR) is 85.6 cm³/mol. The number of aryl methyl sites for hydroxylation is 3. The number of nitrogens with zero attached hydrogens (tertiary/aromatic N) is 1. The number of rotatable bonds is 4. The Morgan fingerprint density at radius 2 is 1.86 bits per heavy atom. The van der Waals surface area contributed by atoms with E-state index in [4.69, 9.17) is 5.73 Å². The Kier molecular flexibility index (Phi) is 4.40. The number of H-pyrrole nitrogens is 1. The first kappa shape index (κ1) is 16.0. The summed E-state index contributed by atoms with van der Waals surface area (Å²) >= 11 is 3.45. The summed E-state index contributed by atoms with van der Waals surface area (Å²) in [6, 6.07) is 3.52. The quantitative estimate of drug-likeness (QED) is 0.766. The Morgan fingerprint density at radius 3 is 2.38 bits per heavy atom. The molecular weight excluding hydrogens is 356 g/mol. The second kappa shape index (κ2) is 5.78. The molecule has 0 amide bonds. The second-order valence-corrected chi connectivity index (χ2v) is 7.26. The van der Waals surface area contributed by atoms with Gasteiger partial charge in [-0.25, -0.2) is 0 Å². The van der Waals surface area contributed by atoms with Crippen molar-refractivity contribution >= 4 is 31.6 Å². The van der Waals surface area contributed by atoms with Gasteiger partial charge in [0, 0.05) is 28.0 Å². The number of aromatic amines is 1. The lowest BCUT2D eigenvalue weighted by Crippen LogP contribution is -2.16. The van der Waals surface area contributed by atoms with E-state index >= 15 is 0 Å². The zero-order chi connectivity index (χ0) is 15.8. The number of sulfonamides is 1. The minimum absolute atomic E-state index is 0.0549. The fourth-order valence-corrected chi connectivity index (χ4v) is 3.58. The van der Waals surface area contributed by atoms with Crippen LogP contribution in [0.5, 0.6) is 0 Å². The highest BCUT2D eigenvalue weighted by Crippen LogP contribution is 2.27. The van der Waals surface area contributed by atoms with E-state index in [2.05, 4.69) is 30.8 Å². The highest BCUT2D eigenvalue weighted by atomic mass is 79.9. The average molecular weight is 373 g/mol. The van der Waals surface area contributed by atoms with Crippen LogP contribution in [-0.4, -0.2) is 18.6 Å². The van der Waals surface area contributed by atoms with Crippen LogP contribution >= 0.6 is 15.9 Å². The van der Waals surface area contributed by atoms with Crippen LogP contribution in [0.4, 0.5) is 5.69 Å². The fraction of sp³-hybridized carbons (Fsp3) is 0.308. The summed E-state index contributed by atoms with van der Waals surface area (Å²) in [6.45, 7) is 5.65. The standard InChI is InChI=1S/C13H17BrN4O2S/c1-7-4-10(5-8(2)12(7)14)18-21(19,20)13-11(6-15)9(3)16-17-13/h4-5,18H,6,15H2,1-3H3,(H,16,17). The minimum Gasteiger partial charge on any atom is -0.326 e. The second-order valence-electron chi connectivity index (χ2n) is 4.87. The molecular formula is C13H17BrN4O2S. The molecule has 0 unspecified atom stereocenters. The molecule has 0 saturated carbocycles. The molecule has 0 spiro atoms. The van der Waals surface area contributed by atoms with Gasteiger partial charge in [-0.15, -0.1) is 0 Å². The molecule has 2 aromatic rings. The maximum atomic E-state index is 12.4. The Labute approximate surface area is 132 Å². The van der Waals surface area contributed by atoms with Gasteiger partial charge in [-0.2, -0.15) is 13.5 Å². The van der Waals surface area contributed by atoms with Gasteiger partial charge in [-0.05, 0) is 44.0 Å². The number of anilines is 1. The van der Waals surface area contributed by atoms with Crippen molar-refractivity contribution < 1.29 is 8.42 Å². The van der Waals surface area contributed by atoms with E-state index in [1.54, 1.807) is 19.1 Å². The fourth-order valence-electron chi connectivity index (χ4n) is 2.10. The van der Waals surface area contributed by atoms with E-state index in [0.717, 1.165) is 15.6 Å². The number of nitrogens with two attached hydrogens (primary N) is 1. The maximum absolute atomic E-state index is 12.4. The normalized spacial score (nSPS) is 11.7. The topological polar surface area (TPSA) is 101 Å². The van der Waals surface area contributed by atoms with Gasteiger partial charge in [0.05, 0.1) is 0 Å². The highest BCUT2D eigenvalue weighted by molar-refractivity contribution is 9.10. The van der Waals surface area contributed by atoms with Crippen LogP contribution in [-0.2, 0) is 16.6 Å². The van der Waals surface area contributed by atoms with Crippen molar-refractivity contribution in [3.8, 4) is 0 Å². The average Bonchev–Trinajstić information content (AvgIpc) is 2.77. The Bertz CT molecular complexity index is 760. The van der Waals surface area contributed by atoms with Crippen LogP contribution in [0, 0.1) is 20.8 Å². The van der Waals surface area contributed by atoms with E-state index in [1.165, 1.54) is 0 Å². The van der Waals surface area contributed by atoms with Crippen LogP contribution in [0.3, 0.4) is 0 Å². The lowest BCUT2D eigenvalue weighted by Gasteiger charge is -2.11. The minimum atomic E-state index is -3.77. The molecule has 1 aromatic carbocycles. The van der Waals surface area contributed by atoms with Gasteiger partial charge >= 0.3 is 0 Å². The van der Waals surface area contributed by atoms with E-state index in [0.29, 0.717) is 16.9 Å². The van der Waals surface area contributed by atoms with Crippen LogP contribution in [0.15, 0.2) is 21.6 Å². The monoisotopic (exact) mass is 372 g/mol. The summed E-state index contributed by atoms with van der Waals surface area (Å²) in [7, 11) is -3.77. The first-order valence-corrected chi connectivity index (χ1v) is 8.57. The summed E-state index contributed by atoms with van der Waals surface area (Å²) in [5.41, 5.74) is 9.14. The van der Waals surface area contributed by atoms with Crippen molar-refractivity contribution in [1.29, 1.82) is 0 Å². The highest BCUT2D eigenvalue weighted by Gasteiger charge is 2.23. The zero-order valence-electron chi connectivity index (χ0n) is 12.0. The number of hydrogen-bond acceptors (Lipinski definition) is 4. The molecule has 21 heavy (non-hydrogen) atoms. The van der Waals surface area contributed by atoms with Gasteiger partial charge in [-0.1, -0.05) is 15.9 Å². The van der Waals surface area contributed by atoms with Crippen molar-refractivity contribution in [3.63, 3.8) is 0 Å². The molecule has 2 rings (SSSR count). The van der Waals surface area contributed by atoms with Gasteiger partial charge in [-0.3, -0.25) is 9.82 Å². The SMILES string of the molecule is Cc1cc(NS(=O)(=O)c2n[nH]c(C)c2CN)cc(C)c1Br. The third kappa shape index (κ3) is 3.12. The maximum Gasteiger partial charge on any atom is 0.281 e. The molecule has 0 aliphatic carbocycles. The van der Waals surface area contributed by atoms with Gasteiger partial charge in [0.15, 0.2) is 0 Å². The molecule has 8 heteroatoms.